The lowest BCUT2D eigenvalue weighted by Crippen LogP contribution is -1.99. The standard InChI is InChI=1S/C13H9BrF2O/c14-11-6-5-10(15)7-13(11)17-8-9-3-1-2-4-12(9)16/h1-7H,8H2. The van der Waals surface area contributed by atoms with Crippen LogP contribution in [-0.2, 0) is 6.61 Å². The summed E-state index contributed by atoms with van der Waals surface area (Å²) in [6.45, 7) is 0.0642. The van der Waals surface area contributed by atoms with Gasteiger partial charge in [-0.2, -0.15) is 0 Å². The highest BCUT2D eigenvalue weighted by molar-refractivity contribution is 9.10. The SMILES string of the molecule is Fc1ccc(Br)c(OCc2ccccc2F)c1. The molecule has 2 aromatic rings. The van der Waals surface area contributed by atoms with Crippen molar-refractivity contribution in [2.75, 3.05) is 0 Å². The second-order valence-electron chi connectivity index (χ2n) is 3.45. The minimum absolute atomic E-state index is 0.0642. The number of benzene rings is 2. The summed E-state index contributed by atoms with van der Waals surface area (Å²) in [4.78, 5) is 0. The maximum absolute atomic E-state index is 13.3. The topological polar surface area (TPSA) is 9.23 Å². The van der Waals surface area contributed by atoms with Crippen LogP contribution < -0.4 is 4.74 Å². The van der Waals surface area contributed by atoms with Crippen molar-refractivity contribution in [2.45, 2.75) is 6.61 Å². The molecule has 0 aliphatic rings. The lowest BCUT2D eigenvalue weighted by Gasteiger charge is -2.08. The minimum Gasteiger partial charge on any atom is -0.488 e. The monoisotopic (exact) mass is 298 g/mol. The van der Waals surface area contributed by atoms with E-state index in [1.165, 1.54) is 18.2 Å². The Bertz CT molecular complexity index is 529. The molecule has 0 unspecified atom stereocenters. The fourth-order valence-electron chi connectivity index (χ4n) is 1.36. The van der Waals surface area contributed by atoms with Crippen LogP contribution in [0.3, 0.4) is 0 Å². The van der Waals surface area contributed by atoms with Gasteiger partial charge in [0, 0.05) is 11.6 Å². The van der Waals surface area contributed by atoms with Crippen LogP contribution in [0.5, 0.6) is 5.75 Å². The number of halogens is 3. The first-order valence-electron chi connectivity index (χ1n) is 4.98. The second kappa shape index (κ2) is 5.27. The zero-order chi connectivity index (χ0) is 12.3. The molecule has 0 amide bonds. The van der Waals surface area contributed by atoms with Gasteiger partial charge in [-0.3, -0.25) is 0 Å². The molecule has 0 fully saturated rings. The van der Waals surface area contributed by atoms with E-state index in [0.717, 1.165) is 0 Å². The Morgan fingerprint density at radius 3 is 2.59 bits per heavy atom. The van der Waals surface area contributed by atoms with Gasteiger partial charge in [0.25, 0.3) is 0 Å². The molecule has 17 heavy (non-hydrogen) atoms. The van der Waals surface area contributed by atoms with Gasteiger partial charge in [-0.25, -0.2) is 8.78 Å². The summed E-state index contributed by atoms with van der Waals surface area (Å²) in [5.41, 5.74) is 0.434. The molecule has 0 atom stereocenters. The molecule has 2 rings (SSSR count). The smallest absolute Gasteiger partial charge is 0.136 e. The first kappa shape index (κ1) is 12.0. The molecule has 0 heterocycles. The predicted octanol–water partition coefficient (Wildman–Crippen LogP) is 4.31. The Hall–Kier alpha value is -1.42. The second-order valence-corrected chi connectivity index (χ2v) is 4.31. The summed E-state index contributed by atoms with van der Waals surface area (Å²) < 4.78 is 32.3. The first-order chi connectivity index (χ1) is 8.16. The van der Waals surface area contributed by atoms with Crippen molar-refractivity contribution in [3.05, 3.63) is 64.1 Å². The zero-order valence-electron chi connectivity index (χ0n) is 8.79. The van der Waals surface area contributed by atoms with Crippen LogP contribution in [0, 0.1) is 11.6 Å². The van der Waals surface area contributed by atoms with Crippen molar-refractivity contribution in [1.82, 2.24) is 0 Å². The van der Waals surface area contributed by atoms with Gasteiger partial charge in [-0.05, 0) is 34.1 Å². The lowest BCUT2D eigenvalue weighted by molar-refractivity contribution is 0.296. The van der Waals surface area contributed by atoms with Crippen LogP contribution >= 0.6 is 15.9 Å². The highest BCUT2D eigenvalue weighted by Gasteiger charge is 2.05. The molecular weight excluding hydrogens is 290 g/mol. The average molecular weight is 299 g/mol. The number of hydrogen-bond donors (Lipinski definition) is 0. The third-order valence-corrected chi connectivity index (χ3v) is 2.89. The Balaban J connectivity index is 2.12. The van der Waals surface area contributed by atoms with Gasteiger partial charge < -0.3 is 4.74 Å². The fraction of sp³-hybridized carbons (Fsp3) is 0.0769. The predicted molar refractivity (Wildman–Crippen MR) is 64.8 cm³/mol. The molecular formula is C13H9BrF2O. The molecule has 2 aromatic carbocycles. The third-order valence-electron chi connectivity index (χ3n) is 2.23. The quantitative estimate of drug-likeness (QED) is 0.820. The molecule has 0 saturated heterocycles. The van der Waals surface area contributed by atoms with Crippen molar-refractivity contribution in [1.29, 1.82) is 0 Å². The maximum atomic E-state index is 13.3. The number of ether oxygens (including phenoxy) is 1. The fourth-order valence-corrected chi connectivity index (χ4v) is 1.72. The summed E-state index contributed by atoms with van der Waals surface area (Å²) in [5.74, 6) is -0.370. The van der Waals surface area contributed by atoms with Crippen LogP contribution in [0.4, 0.5) is 8.78 Å². The Morgan fingerprint density at radius 1 is 1.06 bits per heavy atom. The molecule has 0 aliphatic carbocycles. The molecule has 1 nitrogen and oxygen atoms in total. The van der Waals surface area contributed by atoms with Crippen LogP contribution in [0.15, 0.2) is 46.9 Å². The normalized spacial score (nSPS) is 10.3. The maximum Gasteiger partial charge on any atom is 0.136 e. The van der Waals surface area contributed by atoms with E-state index >= 15 is 0 Å². The lowest BCUT2D eigenvalue weighted by atomic mass is 10.2. The number of rotatable bonds is 3. The van der Waals surface area contributed by atoms with Gasteiger partial charge in [-0.1, -0.05) is 18.2 Å². The molecule has 88 valence electrons. The summed E-state index contributed by atoms with van der Waals surface area (Å²) in [6, 6.07) is 10.4. The molecule has 0 radical (unpaired) electrons. The largest absolute Gasteiger partial charge is 0.488 e. The summed E-state index contributed by atoms with van der Waals surface area (Å²) in [6.07, 6.45) is 0. The average Bonchev–Trinajstić information content (AvgIpc) is 2.32. The first-order valence-corrected chi connectivity index (χ1v) is 5.77. The molecule has 0 aromatic heterocycles. The summed E-state index contributed by atoms with van der Waals surface area (Å²) in [5, 5.41) is 0. The van der Waals surface area contributed by atoms with Gasteiger partial charge in [0.1, 0.15) is 24.0 Å². The molecule has 4 heteroatoms. The van der Waals surface area contributed by atoms with Crippen molar-refractivity contribution < 1.29 is 13.5 Å². The molecule has 0 saturated carbocycles. The van der Waals surface area contributed by atoms with E-state index in [-0.39, 0.29) is 12.4 Å². The van der Waals surface area contributed by atoms with Crippen LogP contribution in [0.1, 0.15) is 5.56 Å². The van der Waals surface area contributed by atoms with E-state index in [1.807, 2.05) is 0 Å². The Kier molecular flexibility index (Phi) is 3.74. The van der Waals surface area contributed by atoms with E-state index in [4.69, 9.17) is 4.74 Å². The third kappa shape index (κ3) is 3.03. The van der Waals surface area contributed by atoms with Crippen molar-refractivity contribution in [2.24, 2.45) is 0 Å². The van der Waals surface area contributed by atoms with Gasteiger partial charge in [-0.15, -0.1) is 0 Å². The minimum atomic E-state index is -0.392. The van der Waals surface area contributed by atoms with E-state index < -0.39 is 5.82 Å². The van der Waals surface area contributed by atoms with E-state index in [9.17, 15) is 8.78 Å². The number of hydrogen-bond acceptors (Lipinski definition) is 1. The summed E-state index contributed by atoms with van der Waals surface area (Å²) in [7, 11) is 0. The summed E-state index contributed by atoms with van der Waals surface area (Å²) >= 11 is 3.24. The van der Waals surface area contributed by atoms with Gasteiger partial charge in [0.15, 0.2) is 0 Å². The Labute approximate surface area is 106 Å². The molecule has 0 bridgehead atoms. The van der Waals surface area contributed by atoms with E-state index in [0.29, 0.717) is 15.8 Å². The zero-order valence-corrected chi connectivity index (χ0v) is 10.4. The van der Waals surface area contributed by atoms with Gasteiger partial charge >= 0.3 is 0 Å². The van der Waals surface area contributed by atoms with Crippen LogP contribution in [0.25, 0.3) is 0 Å². The van der Waals surface area contributed by atoms with Crippen molar-refractivity contribution in [3.8, 4) is 5.75 Å². The molecule has 0 spiro atoms. The van der Waals surface area contributed by atoms with E-state index in [1.54, 1.807) is 24.3 Å². The van der Waals surface area contributed by atoms with Crippen LogP contribution in [0.2, 0.25) is 0 Å². The highest BCUT2D eigenvalue weighted by atomic mass is 79.9. The van der Waals surface area contributed by atoms with E-state index in [2.05, 4.69) is 15.9 Å². The van der Waals surface area contributed by atoms with Crippen LogP contribution in [-0.4, -0.2) is 0 Å². The molecule has 0 N–H and O–H groups in total. The van der Waals surface area contributed by atoms with Crippen molar-refractivity contribution >= 4 is 15.9 Å². The van der Waals surface area contributed by atoms with Gasteiger partial charge in [0.2, 0.25) is 0 Å². The van der Waals surface area contributed by atoms with Crippen molar-refractivity contribution in [3.63, 3.8) is 0 Å². The Morgan fingerprint density at radius 2 is 1.82 bits per heavy atom. The molecule has 0 aliphatic heterocycles. The highest BCUT2D eigenvalue weighted by Crippen LogP contribution is 2.26. The van der Waals surface area contributed by atoms with Gasteiger partial charge in [0.05, 0.1) is 4.47 Å².